The van der Waals surface area contributed by atoms with Crippen molar-refractivity contribution in [2.75, 3.05) is 11.9 Å². The maximum Gasteiger partial charge on any atom is 0.351 e. The molecule has 1 amide bonds. The molecule has 0 unspecified atom stereocenters. The largest absolute Gasteiger partial charge is 0.386 e. The first-order chi connectivity index (χ1) is 15.5. The zero-order valence-electron chi connectivity index (χ0n) is 17.3. The highest BCUT2D eigenvalue weighted by Crippen LogP contribution is 2.32. The van der Waals surface area contributed by atoms with Gasteiger partial charge in [0.2, 0.25) is 0 Å². The van der Waals surface area contributed by atoms with E-state index in [9.17, 15) is 14.7 Å². The second kappa shape index (κ2) is 9.69. The van der Waals surface area contributed by atoms with E-state index >= 15 is 0 Å². The smallest absolute Gasteiger partial charge is 0.351 e. The van der Waals surface area contributed by atoms with Crippen molar-refractivity contribution in [3.63, 3.8) is 0 Å². The first-order valence-electron chi connectivity index (χ1n) is 10.1. The number of anilines is 1. The zero-order valence-corrected chi connectivity index (χ0v) is 17.3. The number of aliphatic hydroxyl groups excluding tert-OH is 1. The van der Waals surface area contributed by atoms with Gasteiger partial charge in [0.05, 0.1) is 13.2 Å². The van der Waals surface area contributed by atoms with Gasteiger partial charge in [-0.3, -0.25) is 9.36 Å². The van der Waals surface area contributed by atoms with Gasteiger partial charge >= 0.3 is 5.69 Å². The zero-order chi connectivity index (χ0) is 22.5. The van der Waals surface area contributed by atoms with Crippen LogP contribution in [-0.2, 0) is 16.1 Å². The fourth-order valence-corrected chi connectivity index (χ4v) is 3.39. The molecule has 2 heterocycles. The predicted octanol–water partition coefficient (Wildman–Crippen LogP) is 2.53. The fourth-order valence-electron chi connectivity index (χ4n) is 3.39. The molecule has 4 rings (SSSR count). The van der Waals surface area contributed by atoms with Gasteiger partial charge in [-0.15, -0.1) is 0 Å². The molecule has 8 nitrogen and oxygen atoms in total. The molecule has 32 heavy (non-hydrogen) atoms. The lowest BCUT2D eigenvalue weighted by Crippen LogP contribution is -2.29. The minimum atomic E-state index is -0.986. The minimum absolute atomic E-state index is 0.118. The van der Waals surface area contributed by atoms with Crippen LogP contribution in [0.25, 0.3) is 0 Å². The molecule has 3 atom stereocenters. The number of carbonyl (C=O) groups excluding carboxylic acids is 1. The van der Waals surface area contributed by atoms with Crippen LogP contribution in [0.5, 0.6) is 0 Å². The summed E-state index contributed by atoms with van der Waals surface area (Å²) in [7, 11) is 0. The van der Waals surface area contributed by atoms with Crippen molar-refractivity contribution in [1.29, 1.82) is 0 Å². The second-order valence-electron chi connectivity index (χ2n) is 7.37. The summed E-state index contributed by atoms with van der Waals surface area (Å²) in [6, 6.07) is 19.8. The maximum atomic E-state index is 12.6. The number of hydrogen-bond acceptors (Lipinski definition) is 6. The predicted molar refractivity (Wildman–Crippen MR) is 118 cm³/mol. The van der Waals surface area contributed by atoms with Crippen LogP contribution in [0.3, 0.4) is 0 Å². The summed E-state index contributed by atoms with van der Waals surface area (Å²) in [6.45, 7) is 4.39. The van der Waals surface area contributed by atoms with Crippen LogP contribution in [0.15, 0.2) is 89.9 Å². The number of hydrogen-bond donors (Lipinski definition) is 2. The molecule has 0 saturated carbocycles. The average molecular weight is 433 g/mol. The molecule has 0 spiro atoms. The molecule has 1 aliphatic heterocycles. The second-order valence-corrected chi connectivity index (χ2v) is 7.37. The molecule has 0 radical (unpaired) electrons. The Hall–Kier alpha value is -3.59. The molecule has 2 aromatic carbocycles. The number of nitrogens with one attached hydrogen (secondary N) is 1. The Morgan fingerprint density at radius 3 is 2.50 bits per heavy atom. The standard InChI is InChI=1S/C24H23N3O5/c1-16-21(28)19(15-31-14-17-8-4-2-5-9-17)32-23(16)27-13-12-20(26-24(27)30)25-22(29)18-10-6-3-7-11-18/h2-13,19,21,23,28H,1,14-15H2,(H,25,26,29,30)/t19-,21+,23-/m1/s1. The van der Waals surface area contributed by atoms with Gasteiger partial charge < -0.3 is 19.9 Å². The van der Waals surface area contributed by atoms with E-state index in [1.807, 2.05) is 30.3 Å². The van der Waals surface area contributed by atoms with Gasteiger partial charge in [-0.1, -0.05) is 55.1 Å². The lowest BCUT2D eigenvalue weighted by molar-refractivity contribution is -0.0660. The molecule has 0 bridgehead atoms. The third kappa shape index (κ3) is 4.83. The van der Waals surface area contributed by atoms with Crippen molar-refractivity contribution < 1.29 is 19.4 Å². The van der Waals surface area contributed by atoms with Crippen molar-refractivity contribution in [1.82, 2.24) is 9.55 Å². The van der Waals surface area contributed by atoms with E-state index in [-0.39, 0.29) is 18.3 Å². The van der Waals surface area contributed by atoms with Gasteiger partial charge in [-0.05, 0) is 23.8 Å². The van der Waals surface area contributed by atoms with Crippen molar-refractivity contribution in [3.8, 4) is 0 Å². The van der Waals surface area contributed by atoms with Crippen molar-refractivity contribution >= 4 is 11.7 Å². The third-order valence-corrected chi connectivity index (χ3v) is 5.11. The van der Waals surface area contributed by atoms with Crippen LogP contribution in [-0.4, -0.2) is 39.4 Å². The van der Waals surface area contributed by atoms with Crippen molar-refractivity contribution in [3.05, 3.63) is 107 Å². The van der Waals surface area contributed by atoms with Gasteiger partial charge in [-0.2, -0.15) is 4.98 Å². The minimum Gasteiger partial charge on any atom is -0.386 e. The van der Waals surface area contributed by atoms with Gasteiger partial charge in [0.1, 0.15) is 18.0 Å². The topological polar surface area (TPSA) is 103 Å². The molecule has 0 aliphatic carbocycles. The Morgan fingerprint density at radius 1 is 1.12 bits per heavy atom. The number of aliphatic hydroxyl groups is 1. The number of benzene rings is 2. The summed E-state index contributed by atoms with van der Waals surface area (Å²) >= 11 is 0. The third-order valence-electron chi connectivity index (χ3n) is 5.11. The number of amides is 1. The summed E-state index contributed by atoms with van der Waals surface area (Å²) in [6.07, 6.45) is -1.08. The van der Waals surface area contributed by atoms with Gasteiger partial charge in [0, 0.05) is 17.3 Å². The molecule has 1 saturated heterocycles. The van der Waals surface area contributed by atoms with E-state index in [1.54, 1.807) is 30.3 Å². The van der Waals surface area contributed by atoms with Crippen LogP contribution in [0, 0.1) is 0 Å². The Kier molecular flexibility index (Phi) is 6.55. The number of ether oxygens (including phenoxy) is 2. The summed E-state index contributed by atoms with van der Waals surface area (Å²) in [5.41, 5.74) is 1.15. The lowest BCUT2D eigenvalue weighted by atomic mass is 10.1. The molecule has 2 N–H and O–H groups in total. The highest BCUT2D eigenvalue weighted by Gasteiger charge is 2.39. The van der Waals surface area contributed by atoms with Gasteiger partial charge in [0.15, 0.2) is 6.23 Å². The Bertz CT molecular complexity index is 1150. The van der Waals surface area contributed by atoms with Crippen LogP contribution in [0.2, 0.25) is 0 Å². The van der Waals surface area contributed by atoms with E-state index in [0.29, 0.717) is 17.7 Å². The molecule has 1 fully saturated rings. The number of nitrogens with zero attached hydrogens (tertiary/aromatic N) is 2. The monoisotopic (exact) mass is 433 g/mol. The van der Waals surface area contributed by atoms with E-state index in [1.165, 1.54) is 16.8 Å². The summed E-state index contributed by atoms with van der Waals surface area (Å²) in [5, 5.41) is 13.1. The Labute approximate surface area is 184 Å². The molecule has 8 heteroatoms. The van der Waals surface area contributed by atoms with E-state index in [2.05, 4.69) is 16.9 Å². The van der Waals surface area contributed by atoms with E-state index in [0.717, 1.165) is 5.56 Å². The molecule has 1 aromatic heterocycles. The SMILES string of the molecule is C=C1[C@H](n2ccc(NC(=O)c3ccccc3)nc2=O)O[C@H](COCc2ccccc2)[C@H]1O. The Balaban J connectivity index is 1.40. The molecular weight excluding hydrogens is 410 g/mol. The van der Waals surface area contributed by atoms with E-state index < -0.39 is 24.1 Å². The fraction of sp³-hybridized carbons (Fsp3) is 0.208. The Morgan fingerprint density at radius 2 is 1.81 bits per heavy atom. The highest BCUT2D eigenvalue weighted by atomic mass is 16.6. The number of rotatable bonds is 7. The number of aromatic nitrogens is 2. The summed E-state index contributed by atoms with van der Waals surface area (Å²) in [5.74, 6) is -0.255. The first kappa shape index (κ1) is 21.6. The van der Waals surface area contributed by atoms with E-state index in [4.69, 9.17) is 9.47 Å². The van der Waals surface area contributed by atoms with Crippen LogP contribution in [0.4, 0.5) is 5.82 Å². The van der Waals surface area contributed by atoms with Crippen LogP contribution in [0.1, 0.15) is 22.1 Å². The van der Waals surface area contributed by atoms with Gasteiger partial charge in [0.25, 0.3) is 5.91 Å². The lowest BCUT2D eigenvalue weighted by Gasteiger charge is -2.16. The van der Waals surface area contributed by atoms with Crippen molar-refractivity contribution in [2.45, 2.75) is 25.0 Å². The summed E-state index contributed by atoms with van der Waals surface area (Å²) in [4.78, 5) is 28.7. The van der Waals surface area contributed by atoms with Crippen LogP contribution < -0.4 is 11.0 Å². The summed E-state index contributed by atoms with van der Waals surface area (Å²) < 4.78 is 12.7. The van der Waals surface area contributed by atoms with Gasteiger partial charge in [-0.25, -0.2) is 4.79 Å². The molecule has 1 aliphatic rings. The van der Waals surface area contributed by atoms with Crippen LogP contribution >= 0.6 is 0 Å². The normalized spacial score (nSPS) is 20.3. The first-order valence-corrected chi connectivity index (χ1v) is 10.1. The molecule has 164 valence electrons. The molecular formula is C24H23N3O5. The molecule has 3 aromatic rings. The van der Waals surface area contributed by atoms with Crippen molar-refractivity contribution in [2.24, 2.45) is 0 Å². The average Bonchev–Trinajstić information content (AvgIpc) is 3.09. The highest BCUT2D eigenvalue weighted by molar-refractivity contribution is 6.03. The number of carbonyl (C=O) groups is 1. The quantitative estimate of drug-likeness (QED) is 0.555. The maximum absolute atomic E-state index is 12.6.